The number of nitrogens with zero attached hydrogens (tertiary/aromatic N) is 4. The average Bonchev–Trinajstić information content (AvgIpc) is 3.12. The van der Waals surface area contributed by atoms with Crippen molar-refractivity contribution in [2.45, 2.75) is 6.54 Å². The number of carbonyl (C=O) groups excluding carboxylic acids is 1. The minimum atomic E-state index is -0.782. The largest absolute Gasteiger partial charge is 0.496 e. The Balaban J connectivity index is 1.78. The van der Waals surface area contributed by atoms with Gasteiger partial charge in [0.25, 0.3) is 5.91 Å². The molecule has 9 nitrogen and oxygen atoms in total. The molecule has 1 aromatic heterocycles. The number of hydrogen-bond acceptors (Lipinski definition) is 6. The van der Waals surface area contributed by atoms with Gasteiger partial charge in [0.2, 0.25) is 5.69 Å². The zero-order valence-corrected chi connectivity index (χ0v) is 16.9. The molecule has 0 saturated heterocycles. The number of nitrogens with one attached hydrogen (secondary N) is 1. The van der Waals surface area contributed by atoms with Crippen LogP contribution in [0.4, 0.5) is 5.69 Å². The molecule has 0 aliphatic carbocycles. The van der Waals surface area contributed by atoms with Crippen molar-refractivity contribution in [1.29, 1.82) is 0 Å². The van der Waals surface area contributed by atoms with Crippen molar-refractivity contribution in [3.63, 3.8) is 0 Å². The number of ether oxygens (including phenoxy) is 1. The summed E-state index contributed by atoms with van der Waals surface area (Å²) in [6.07, 6.45) is 2.61. The third-order valence-electron chi connectivity index (χ3n) is 3.90. The lowest BCUT2D eigenvalue weighted by Crippen LogP contribution is -2.19. The second-order valence-corrected chi connectivity index (χ2v) is 6.80. The Morgan fingerprint density at radius 1 is 1.34 bits per heavy atom. The maximum atomic E-state index is 12.4. The lowest BCUT2D eigenvalue weighted by molar-refractivity contribution is -0.385. The molecule has 1 amide bonds. The van der Waals surface area contributed by atoms with Crippen molar-refractivity contribution in [3.8, 4) is 5.75 Å². The number of halogens is 1. The summed E-state index contributed by atoms with van der Waals surface area (Å²) in [4.78, 5) is 23.1. The van der Waals surface area contributed by atoms with E-state index in [0.29, 0.717) is 11.3 Å². The van der Waals surface area contributed by atoms with Crippen molar-refractivity contribution < 1.29 is 14.5 Å². The van der Waals surface area contributed by atoms with Crippen LogP contribution < -0.4 is 10.2 Å². The van der Waals surface area contributed by atoms with Crippen molar-refractivity contribution in [3.05, 3.63) is 86.1 Å². The quantitative estimate of drug-likeness (QED) is 0.332. The highest BCUT2D eigenvalue weighted by atomic mass is 79.9. The van der Waals surface area contributed by atoms with Gasteiger partial charge in [-0.1, -0.05) is 40.2 Å². The van der Waals surface area contributed by atoms with Crippen molar-refractivity contribution in [2.24, 2.45) is 5.10 Å². The van der Waals surface area contributed by atoms with Crippen LogP contribution in [0.5, 0.6) is 5.75 Å². The molecule has 3 aromatic rings. The smallest absolute Gasteiger partial charge is 0.320 e. The monoisotopic (exact) mass is 457 g/mol. The molecular weight excluding hydrogens is 442 g/mol. The molecule has 0 fully saturated rings. The molecule has 1 N–H and O–H groups in total. The minimum Gasteiger partial charge on any atom is -0.496 e. The van der Waals surface area contributed by atoms with Gasteiger partial charge in [-0.3, -0.25) is 19.6 Å². The van der Waals surface area contributed by atoms with Crippen molar-refractivity contribution in [2.75, 3.05) is 7.11 Å². The van der Waals surface area contributed by atoms with Gasteiger partial charge in [0, 0.05) is 10.0 Å². The predicted octanol–water partition coefficient (Wildman–Crippen LogP) is 3.37. The molecule has 0 bridgehead atoms. The summed E-state index contributed by atoms with van der Waals surface area (Å²) in [6.45, 7) is 0.276. The molecular formula is C19H16BrN5O4. The highest BCUT2D eigenvalue weighted by Gasteiger charge is 2.25. The summed E-state index contributed by atoms with van der Waals surface area (Å²) in [5.41, 5.74) is 3.07. The molecule has 0 radical (unpaired) electrons. The summed E-state index contributed by atoms with van der Waals surface area (Å²) in [7, 11) is 1.52. The van der Waals surface area contributed by atoms with Crippen molar-refractivity contribution >= 4 is 33.7 Å². The van der Waals surface area contributed by atoms with Crippen LogP contribution in [0.3, 0.4) is 0 Å². The number of aromatic nitrogens is 2. The predicted molar refractivity (Wildman–Crippen MR) is 110 cm³/mol. The van der Waals surface area contributed by atoms with Gasteiger partial charge >= 0.3 is 5.69 Å². The summed E-state index contributed by atoms with van der Waals surface area (Å²) in [5, 5.41) is 19.2. The van der Waals surface area contributed by atoms with Crippen LogP contribution in [-0.2, 0) is 6.54 Å². The first-order valence-corrected chi connectivity index (χ1v) is 9.20. The van der Waals surface area contributed by atoms with E-state index in [1.165, 1.54) is 24.2 Å². The molecule has 0 atom stereocenters. The Kier molecular flexibility index (Phi) is 6.35. The summed E-state index contributed by atoms with van der Waals surface area (Å²) in [6, 6.07) is 14.5. The fourth-order valence-corrected chi connectivity index (χ4v) is 3.04. The van der Waals surface area contributed by atoms with E-state index in [-0.39, 0.29) is 12.2 Å². The Labute approximate surface area is 174 Å². The van der Waals surface area contributed by atoms with E-state index in [4.69, 9.17) is 4.74 Å². The van der Waals surface area contributed by atoms with Gasteiger partial charge in [-0.15, -0.1) is 0 Å². The first-order chi connectivity index (χ1) is 14.0. The molecule has 0 aliphatic rings. The van der Waals surface area contributed by atoms with E-state index < -0.39 is 16.5 Å². The lowest BCUT2D eigenvalue weighted by Gasteiger charge is -2.03. The van der Waals surface area contributed by atoms with Crippen LogP contribution in [0.15, 0.2) is 64.3 Å². The van der Waals surface area contributed by atoms with Crippen LogP contribution >= 0.6 is 15.9 Å². The number of rotatable bonds is 7. The van der Waals surface area contributed by atoms with E-state index in [2.05, 4.69) is 31.6 Å². The van der Waals surface area contributed by atoms with E-state index in [9.17, 15) is 14.9 Å². The van der Waals surface area contributed by atoms with E-state index in [1.54, 1.807) is 24.3 Å². The van der Waals surface area contributed by atoms with E-state index in [1.807, 2.05) is 24.3 Å². The van der Waals surface area contributed by atoms with Gasteiger partial charge in [-0.05, 0) is 29.8 Å². The third-order valence-corrected chi connectivity index (χ3v) is 4.39. The molecule has 2 aromatic carbocycles. The Hall–Kier alpha value is -3.53. The third kappa shape index (κ3) is 5.05. The normalized spacial score (nSPS) is 10.8. The fraction of sp³-hybridized carbons (Fsp3) is 0.105. The number of methoxy groups -OCH3 is 1. The number of hydrogen-bond donors (Lipinski definition) is 1. The number of para-hydroxylation sites is 1. The van der Waals surface area contributed by atoms with Crippen molar-refractivity contribution in [1.82, 2.24) is 15.2 Å². The number of hydrazone groups is 1. The molecule has 3 rings (SSSR count). The van der Waals surface area contributed by atoms with E-state index >= 15 is 0 Å². The standard InChI is InChI=1S/C19H16BrN5O4/c1-29-17-8-3-2-6-14(17)10-21-22-19(26)18-16(25(27)28)12-24(23-18)11-13-5-4-7-15(20)9-13/h2-10,12H,11H2,1H3,(H,22,26). The number of carbonyl (C=O) groups is 1. The molecule has 0 spiro atoms. The second kappa shape index (κ2) is 9.11. The minimum absolute atomic E-state index is 0.276. The Morgan fingerprint density at radius 2 is 2.14 bits per heavy atom. The number of nitro groups is 1. The van der Waals surface area contributed by atoms with Crippen LogP contribution in [0.25, 0.3) is 0 Å². The molecule has 0 unspecified atom stereocenters. The highest BCUT2D eigenvalue weighted by Crippen LogP contribution is 2.19. The van der Waals surface area contributed by atoms with Crippen LogP contribution in [0, 0.1) is 10.1 Å². The summed E-state index contributed by atoms with van der Waals surface area (Å²) < 4.78 is 7.42. The van der Waals surface area contributed by atoms with Gasteiger partial charge in [-0.2, -0.15) is 10.2 Å². The van der Waals surface area contributed by atoms with Gasteiger partial charge in [-0.25, -0.2) is 5.43 Å². The molecule has 148 valence electrons. The van der Waals surface area contributed by atoms with Crippen LogP contribution in [0.1, 0.15) is 21.6 Å². The van der Waals surface area contributed by atoms with Gasteiger partial charge in [0.1, 0.15) is 11.9 Å². The van der Waals surface area contributed by atoms with Gasteiger partial charge < -0.3 is 4.74 Å². The molecule has 29 heavy (non-hydrogen) atoms. The Morgan fingerprint density at radius 3 is 2.86 bits per heavy atom. The zero-order valence-electron chi connectivity index (χ0n) is 15.3. The highest BCUT2D eigenvalue weighted by molar-refractivity contribution is 9.10. The SMILES string of the molecule is COc1ccccc1C=NNC(=O)c1nn(Cc2cccc(Br)c2)cc1[N+](=O)[O-]. The zero-order chi connectivity index (χ0) is 20.8. The van der Waals surface area contributed by atoms with E-state index in [0.717, 1.165) is 10.0 Å². The maximum absolute atomic E-state index is 12.4. The van der Waals surface area contributed by atoms with Crippen LogP contribution in [0.2, 0.25) is 0 Å². The molecule has 1 heterocycles. The molecule has 0 aliphatic heterocycles. The Bertz CT molecular complexity index is 1080. The summed E-state index contributed by atoms with van der Waals surface area (Å²) >= 11 is 3.37. The lowest BCUT2D eigenvalue weighted by atomic mass is 10.2. The number of benzene rings is 2. The average molecular weight is 458 g/mol. The number of amides is 1. The maximum Gasteiger partial charge on any atom is 0.320 e. The van der Waals surface area contributed by atoms with Crippen LogP contribution in [-0.4, -0.2) is 33.9 Å². The van der Waals surface area contributed by atoms with Gasteiger partial charge in [0.05, 0.1) is 24.8 Å². The molecule has 0 saturated carbocycles. The summed E-state index contributed by atoms with van der Waals surface area (Å²) in [5.74, 6) is -0.203. The first kappa shape index (κ1) is 20.2. The fourth-order valence-electron chi connectivity index (χ4n) is 2.60. The topological polar surface area (TPSA) is 112 Å². The first-order valence-electron chi connectivity index (χ1n) is 8.40. The van der Waals surface area contributed by atoms with Gasteiger partial charge in [0.15, 0.2) is 0 Å². The second-order valence-electron chi connectivity index (χ2n) is 5.89. The molecule has 10 heteroatoms.